The van der Waals surface area contributed by atoms with Gasteiger partial charge >= 0.3 is 0 Å². The molecule has 0 aliphatic carbocycles. The molecule has 104 valence electrons. The Kier molecular flexibility index (Phi) is 4.86. The largest absolute Gasteiger partial charge is 0.325 e. The van der Waals surface area contributed by atoms with Crippen LogP contribution in [0.2, 0.25) is 0 Å². The Balaban J connectivity index is 2.02. The van der Waals surface area contributed by atoms with Crippen LogP contribution in [0, 0.1) is 0 Å². The molecule has 1 aromatic carbocycles. The van der Waals surface area contributed by atoms with Crippen LogP contribution in [0.15, 0.2) is 41.8 Å². The highest BCUT2D eigenvalue weighted by Crippen LogP contribution is 2.17. The first-order valence-electron chi connectivity index (χ1n) is 6.08. The zero-order valence-corrected chi connectivity index (χ0v) is 11.8. The van der Waals surface area contributed by atoms with Crippen molar-refractivity contribution < 1.29 is 9.59 Å². The third-order valence-electron chi connectivity index (χ3n) is 2.49. The van der Waals surface area contributed by atoms with Crippen LogP contribution in [0.3, 0.4) is 0 Å². The fourth-order valence-electron chi connectivity index (χ4n) is 1.64. The van der Waals surface area contributed by atoms with Gasteiger partial charge < -0.3 is 16.0 Å². The molecule has 0 spiro atoms. The number of benzene rings is 1. The molecule has 5 nitrogen and oxygen atoms in total. The molecule has 20 heavy (non-hydrogen) atoms. The molecule has 1 heterocycles. The lowest BCUT2D eigenvalue weighted by atomic mass is 10.2. The van der Waals surface area contributed by atoms with E-state index in [2.05, 4.69) is 16.0 Å². The molecule has 2 amide bonds. The Hall–Kier alpha value is -2.18. The number of hydrogen-bond donors (Lipinski definition) is 3. The summed E-state index contributed by atoms with van der Waals surface area (Å²) in [5.74, 6) is -0.284. The molecule has 2 aromatic rings. The molecule has 0 bridgehead atoms. The van der Waals surface area contributed by atoms with Crippen molar-refractivity contribution in [2.45, 2.75) is 0 Å². The van der Waals surface area contributed by atoms with Crippen LogP contribution >= 0.6 is 11.3 Å². The fourth-order valence-corrected chi connectivity index (χ4v) is 2.26. The van der Waals surface area contributed by atoms with Gasteiger partial charge in [-0.3, -0.25) is 9.59 Å². The van der Waals surface area contributed by atoms with Gasteiger partial charge in [-0.05, 0) is 36.7 Å². The Morgan fingerprint density at radius 2 is 1.85 bits per heavy atom. The highest BCUT2D eigenvalue weighted by molar-refractivity contribution is 7.12. The van der Waals surface area contributed by atoms with E-state index in [4.69, 9.17) is 0 Å². The van der Waals surface area contributed by atoms with Crippen LogP contribution in [0.25, 0.3) is 0 Å². The van der Waals surface area contributed by atoms with E-state index < -0.39 is 0 Å². The Morgan fingerprint density at radius 3 is 2.50 bits per heavy atom. The first-order valence-corrected chi connectivity index (χ1v) is 6.96. The monoisotopic (exact) mass is 289 g/mol. The van der Waals surface area contributed by atoms with E-state index in [0.717, 1.165) is 0 Å². The van der Waals surface area contributed by atoms with E-state index in [1.807, 2.05) is 11.4 Å². The quantitative estimate of drug-likeness (QED) is 0.790. The highest BCUT2D eigenvalue weighted by Gasteiger charge is 2.07. The van der Waals surface area contributed by atoms with Gasteiger partial charge in [0.05, 0.1) is 11.4 Å². The predicted octanol–water partition coefficient (Wildman–Crippen LogP) is 2.16. The summed E-state index contributed by atoms with van der Waals surface area (Å²) in [5.41, 5.74) is 1.29. The summed E-state index contributed by atoms with van der Waals surface area (Å²) >= 11 is 1.38. The van der Waals surface area contributed by atoms with Crippen molar-refractivity contribution in [3.8, 4) is 0 Å². The normalized spacial score (nSPS) is 10.1. The number of anilines is 2. The predicted molar refractivity (Wildman–Crippen MR) is 81.3 cm³/mol. The number of thiophene rings is 1. The second kappa shape index (κ2) is 6.83. The molecule has 3 N–H and O–H groups in total. The van der Waals surface area contributed by atoms with Crippen molar-refractivity contribution in [1.29, 1.82) is 0 Å². The van der Waals surface area contributed by atoms with Crippen molar-refractivity contribution >= 4 is 34.5 Å². The first-order chi connectivity index (χ1) is 9.69. The van der Waals surface area contributed by atoms with Crippen molar-refractivity contribution in [1.82, 2.24) is 5.32 Å². The summed E-state index contributed by atoms with van der Waals surface area (Å²) in [6.45, 7) is 0.242. The maximum Gasteiger partial charge on any atom is 0.265 e. The molecule has 0 radical (unpaired) electrons. The molecule has 0 saturated heterocycles. The van der Waals surface area contributed by atoms with E-state index in [1.54, 1.807) is 37.4 Å². The maximum atomic E-state index is 11.9. The summed E-state index contributed by atoms with van der Waals surface area (Å²) in [6.07, 6.45) is 0. The third kappa shape index (κ3) is 3.91. The van der Waals surface area contributed by atoms with Crippen LogP contribution in [0.5, 0.6) is 0 Å². The maximum absolute atomic E-state index is 11.9. The molecule has 0 fully saturated rings. The van der Waals surface area contributed by atoms with Crippen molar-refractivity contribution in [2.75, 3.05) is 24.2 Å². The Bertz CT molecular complexity index is 596. The summed E-state index contributed by atoms with van der Waals surface area (Å²) in [4.78, 5) is 24.0. The minimum Gasteiger partial charge on any atom is -0.325 e. The standard InChI is InChI=1S/C14H15N3O2S/c1-15-9-13(18)16-10-4-2-5-11(8-10)17-14(19)12-6-3-7-20-12/h2-8,15H,9H2,1H3,(H,16,18)(H,17,19). The summed E-state index contributed by atoms with van der Waals surface area (Å²) in [6, 6.07) is 10.6. The number of rotatable bonds is 5. The molecular formula is C14H15N3O2S. The van der Waals surface area contributed by atoms with Crippen LogP contribution in [-0.4, -0.2) is 25.4 Å². The van der Waals surface area contributed by atoms with Crippen molar-refractivity contribution in [3.05, 3.63) is 46.7 Å². The molecule has 1 aromatic heterocycles. The average molecular weight is 289 g/mol. The zero-order valence-electron chi connectivity index (χ0n) is 11.0. The minimum absolute atomic E-state index is 0.130. The number of likely N-dealkylation sites (N-methyl/N-ethyl adjacent to an activating group) is 1. The average Bonchev–Trinajstić information content (AvgIpc) is 2.93. The van der Waals surface area contributed by atoms with Gasteiger partial charge in [0.25, 0.3) is 5.91 Å². The van der Waals surface area contributed by atoms with E-state index in [9.17, 15) is 9.59 Å². The van der Waals surface area contributed by atoms with Gasteiger partial charge in [-0.15, -0.1) is 11.3 Å². The van der Waals surface area contributed by atoms with Crippen molar-refractivity contribution in [3.63, 3.8) is 0 Å². The van der Waals surface area contributed by atoms with E-state index in [-0.39, 0.29) is 18.4 Å². The molecular weight excluding hydrogens is 274 g/mol. The summed E-state index contributed by atoms with van der Waals surface area (Å²) < 4.78 is 0. The highest BCUT2D eigenvalue weighted by atomic mass is 32.1. The number of nitrogens with one attached hydrogen (secondary N) is 3. The molecule has 0 saturated carbocycles. The van der Waals surface area contributed by atoms with E-state index in [1.165, 1.54) is 11.3 Å². The lowest BCUT2D eigenvalue weighted by molar-refractivity contribution is -0.115. The lowest BCUT2D eigenvalue weighted by Crippen LogP contribution is -2.25. The third-order valence-corrected chi connectivity index (χ3v) is 3.36. The molecule has 0 aliphatic rings. The van der Waals surface area contributed by atoms with Crippen LogP contribution in [0.4, 0.5) is 11.4 Å². The summed E-state index contributed by atoms with van der Waals surface area (Å²) in [7, 11) is 1.71. The zero-order chi connectivity index (χ0) is 14.4. The Labute approximate surface area is 121 Å². The molecule has 6 heteroatoms. The van der Waals surface area contributed by atoms with Crippen LogP contribution < -0.4 is 16.0 Å². The van der Waals surface area contributed by atoms with Gasteiger partial charge in [-0.25, -0.2) is 0 Å². The van der Waals surface area contributed by atoms with Gasteiger partial charge in [0, 0.05) is 11.4 Å². The minimum atomic E-state index is -0.154. The van der Waals surface area contributed by atoms with E-state index >= 15 is 0 Å². The SMILES string of the molecule is CNCC(=O)Nc1cccc(NC(=O)c2cccs2)c1. The molecule has 0 unspecified atom stereocenters. The number of carbonyl (C=O) groups excluding carboxylic acids is 2. The molecule has 0 atom stereocenters. The van der Waals surface area contributed by atoms with Gasteiger partial charge in [-0.2, -0.15) is 0 Å². The summed E-state index contributed by atoms with van der Waals surface area (Å²) in [5, 5.41) is 10.2. The Morgan fingerprint density at radius 1 is 1.10 bits per heavy atom. The van der Waals surface area contributed by atoms with Gasteiger partial charge in [-0.1, -0.05) is 12.1 Å². The second-order valence-electron chi connectivity index (χ2n) is 4.09. The van der Waals surface area contributed by atoms with Crippen molar-refractivity contribution in [2.24, 2.45) is 0 Å². The topological polar surface area (TPSA) is 70.2 Å². The molecule has 2 rings (SSSR count). The lowest BCUT2D eigenvalue weighted by Gasteiger charge is -2.08. The van der Waals surface area contributed by atoms with Crippen LogP contribution in [0.1, 0.15) is 9.67 Å². The van der Waals surface area contributed by atoms with Gasteiger partial charge in [0.15, 0.2) is 0 Å². The van der Waals surface area contributed by atoms with Crippen LogP contribution in [-0.2, 0) is 4.79 Å². The number of amides is 2. The van der Waals surface area contributed by atoms with Gasteiger partial charge in [0.1, 0.15) is 0 Å². The smallest absolute Gasteiger partial charge is 0.265 e. The second-order valence-corrected chi connectivity index (χ2v) is 5.04. The number of hydrogen-bond acceptors (Lipinski definition) is 4. The first kappa shape index (κ1) is 14.2. The van der Waals surface area contributed by atoms with E-state index in [0.29, 0.717) is 16.3 Å². The number of carbonyl (C=O) groups is 2. The fraction of sp³-hybridized carbons (Fsp3) is 0.143. The van der Waals surface area contributed by atoms with Gasteiger partial charge in [0.2, 0.25) is 5.91 Å². The molecule has 0 aliphatic heterocycles.